The van der Waals surface area contributed by atoms with Crippen LogP contribution in [-0.4, -0.2) is 22.4 Å². The van der Waals surface area contributed by atoms with E-state index in [4.69, 9.17) is 0 Å². The van der Waals surface area contributed by atoms with E-state index in [2.05, 4.69) is 15.3 Å². The van der Waals surface area contributed by atoms with Crippen molar-refractivity contribution in [3.63, 3.8) is 0 Å². The maximum absolute atomic E-state index is 13.8. The van der Waals surface area contributed by atoms with Gasteiger partial charge in [-0.2, -0.15) is 0 Å². The summed E-state index contributed by atoms with van der Waals surface area (Å²) in [6, 6.07) is 5.59. The summed E-state index contributed by atoms with van der Waals surface area (Å²) in [5, 5.41) is 3.08. The molecule has 0 atom stereocenters. The monoisotopic (exact) mass is 267 g/mol. The fourth-order valence-electron chi connectivity index (χ4n) is 1.98. The van der Waals surface area contributed by atoms with E-state index < -0.39 is 11.3 Å². The average molecular weight is 267 g/mol. The van der Waals surface area contributed by atoms with Crippen LogP contribution in [0.2, 0.25) is 0 Å². The number of alkyl halides is 2. The van der Waals surface area contributed by atoms with Crippen molar-refractivity contribution < 1.29 is 8.78 Å². The molecule has 0 amide bonds. The molecule has 2 aromatic rings. The molecule has 0 aliphatic carbocycles. The van der Waals surface area contributed by atoms with Gasteiger partial charge in [-0.15, -0.1) is 0 Å². The second-order valence-electron chi connectivity index (χ2n) is 5.43. The number of halogens is 2. The summed E-state index contributed by atoms with van der Waals surface area (Å²) in [4.78, 5) is 7.12. The molecule has 1 aromatic carbocycles. The van der Waals surface area contributed by atoms with Gasteiger partial charge in [0.15, 0.2) is 0 Å². The van der Waals surface area contributed by atoms with Crippen molar-refractivity contribution in [2.45, 2.75) is 33.1 Å². The smallest absolute Gasteiger partial charge is 0.254 e. The van der Waals surface area contributed by atoms with Crippen LogP contribution in [-0.2, 0) is 0 Å². The molecule has 0 fully saturated rings. The Labute approximate surface area is 111 Å². The highest BCUT2D eigenvalue weighted by molar-refractivity contribution is 5.78. The van der Waals surface area contributed by atoms with Crippen molar-refractivity contribution in [1.29, 1.82) is 0 Å². The first-order valence-corrected chi connectivity index (χ1v) is 6.40. The maximum atomic E-state index is 13.8. The Morgan fingerprint density at radius 2 is 2.05 bits per heavy atom. The van der Waals surface area contributed by atoms with Crippen molar-refractivity contribution in [2.75, 3.05) is 11.9 Å². The predicted octanol–water partition coefficient (Wildman–Crippen LogP) is 4.05. The molecular formula is C14H19F2N3. The van der Waals surface area contributed by atoms with E-state index in [1.165, 1.54) is 6.92 Å². The van der Waals surface area contributed by atoms with E-state index in [-0.39, 0.29) is 13.0 Å². The standard InChI is InChI=1S/C14H19F2N3/c1-4-14(15,16)13(2,3)8-17-10-5-6-11-12(7-10)19-9-18-11/h5-7,9,17H,4,8H2,1-3H3,(H,18,19). The van der Waals surface area contributed by atoms with Gasteiger partial charge in [0.2, 0.25) is 0 Å². The lowest BCUT2D eigenvalue weighted by Crippen LogP contribution is -2.41. The van der Waals surface area contributed by atoms with E-state index in [1.54, 1.807) is 20.2 Å². The van der Waals surface area contributed by atoms with Crippen LogP contribution in [0.1, 0.15) is 27.2 Å². The van der Waals surface area contributed by atoms with E-state index in [9.17, 15) is 8.78 Å². The Kier molecular flexibility index (Phi) is 3.47. The Morgan fingerprint density at radius 1 is 1.32 bits per heavy atom. The summed E-state index contributed by atoms with van der Waals surface area (Å²) in [7, 11) is 0. The Hall–Kier alpha value is -1.65. The second kappa shape index (κ2) is 4.79. The molecule has 0 bridgehead atoms. The summed E-state index contributed by atoms with van der Waals surface area (Å²) in [5.74, 6) is -2.68. The molecule has 2 N–H and O–H groups in total. The fraction of sp³-hybridized carbons (Fsp3) is 0.500. The number of hydrogen-bond donors (Lipinski definition) is 2. The van der Waals surface area contributed by atoms with Crippen LogP contribution in [0.25, 0.3) is 11.0 Å². The number of aromatic nitrogens is 2. The Bertz CT molecular complexity index is 561. The molecule has 104 valence electrons. The van der Waals surface area contributed by atoms with E-state index in [0.717, 1.165) is 16.7 Å². The van der Waals surface area contributed by atoms with Crippen molar-refractivity contribution >= 4 is 16.7 Å². The topological polar surface area (TPSA) is 40.7 Å². The molecular weight excluding hydrogens is 248 g/mol. The van der Waals surface area contributed by atoms with Gasteiger partial charge in [-0.25, -0.2) is 13.8 Å². The molecule has 3 nitrogen and oxygen atoms in total. The summed E-state index contributed by atoms with van der Waals surface area (Å²) in [6.45, 7) is 4.89. The molecule has 0 spiro atoms. The maximum Gasteiger partial charge on any atom is 0.254 e. The number of benzene rings is 1. The van der Waals surface area contributed by atoms with E-state index in [1.807, 2.05) is 18.2 Å². The number of imidazole rings is 1. The lowest BCUT2D eigenvalue weighted by atomic mass is 9.84. The first-order chi connectivity index (χ1) is 8.86. The number of nitrogens with zero attached hydrogens (tertiary/aromatic N) is 1. The van der Waals surface area contributed by atoms with Gasteiger partial charge in [0.05, 0.1) is 17.4 Å². The predicted molar refractivity (Wildman–Crippen MR) is 73.6 cm³/mol. The van der Waals surface area contributed by atoms with Crippen molar-refractivity contribution in [3.8, 4) is 0 Å². The summed E-state index contributed by atoms with van der Waals surface area (Å²) < 4.78 is 27.6. The molecule has 19 heavy (non-hydrogen) atoms. The van der Waals surface area contributed by atoms with Crippen molar-refractivity contribution in [2.24, 2.45) is 5.41 Å². The van der Waals surface area contributed by atoms with Gasteiger partial charge in [0.25, 0.3) is 5.92 Å². The number of rotatable bonds is 5. The van der Waals surface area contributed by atoms with Gasteiger partial charge < -0.3 is 10.3 Å². The molecule has 1 heterocycles. The molecule has 0 radical (unpaired) electrons. The minimum atomic E-state index is -2.68. The average Bonchev–Trinajstić information content (AvgIpc) is 2.83. The highest BCUT2D eigenvalue weighted by Gasteiger charge is 2.44. The van der Waals surface area contributed by atoms with E-state index in [0.29, 0.717) is 0 Å². The van der Waals surface area contributed by atoms with Crippen molar-refractivity contribution in [1.82, 2.24) is 9.97 Å². The minimum absolute atomic E-state index is 0.152. The first kappa shape index (κ1) is 13.8. The number of anilines is 1. The highest BCUT2D eigenvalue weighted by Crippen LogP contribution is 2.38. The molecule has 0 aliphatic rings. The van der Waals surface area contributed by atoms with Gasteiger partial charge in [-0.3, -0.25) is 0 Å². The number of aromatic amines is 1. The van der Waals surface area contributed by atoms with Gasteiger partial charge in [-0.1, -0.05) is 20.8 Å². The van der Waals surface area contributed by atoms with Crippen LogP contribution in [0.3, 0.4) is 0 Å². The lowest BCUT2D eigenvalue weighted by Gasteiger charge is -2.33. The third kappa shape index (κ3) is 2.69. The van der Waals surface area contributed by atoms with Gasteiger partial charge in [-0.05, 0) is 18.2 Å². The van der Waals surface area contributed by atoms with Crippen LogP contribution in [0.5, 0.6) is 0 Å². The summed E-state index contributed by atoms with van der Waals surface area (Å²) in [6.07, 6.45) is 1.46. The number of nitrogens with one attached hydrogen (secondary N) is 2. The van der Waals surface area contributed by atoms with Gasteiger partial charge in [0, 0.05) is 24.1 Å². The molecule has 2 rings (SSSR count). The quantitative estimate of drug-likeness (QED) is 0.858. The van der Waals surface area contributed by atoms with E-state index >= 15 is 0 Å². The third-order valence-electron chi connectivity index (χ3n) is 3.59. The Morgan fingerprint density at radius 3 is 2.74 bits per heavy atom. The summed E-state index contributed by atoms with van der Waals surface area (Å²) >= 11 is 0. The zero-order valence-corrected chi connectivity index (χ0v) is 11.4. The minimum Gasteiger partial charge on any atom is -0.384 e. The van der Waals surface area contributed by atoms with Gasteiger partial charge in [0.1, 0.15) is 0 Å². The third-order valence-corrected chi connectivity index (χ3v) is 3.59. The van der Waals surface area contributed by atoms with Crippen LogP contribution in [0, 0.1) is 5.41 Å². The Balaban J connectivity index is 2.09. The largest absolute Gasteiger partial charge is 0.384 e. The summed E-state index contributed by atoms with van der Waals surface area (Å²) in [5.41, 5.74) is 1.48. The molecule has 0 aliphatic heterocycles. The van der Waals surface area contributed by atoms with Crippen LogP contribution in [0.4, 0.5) is 14.5 Å². The fourth-order valence-corrected chi connectivity index (χ4v) is 1.98. The number of H-pyrrole nitrogens is 1. The first-order valence-electron chi connectivity index (χ1n) is 6.40. The molecule has 1 aromatic heterocycles. The van der Waals surface area contributed by atoms with Crippen LogP contribution < -0.4 is 5.32 Å². The molecule has 0 unspecified atom stereocenters. The van der Waals surface area contributed by atoms with Crippen LogP contribution in [0.15, 0.2) is 24.5 Å². The second-order valence-corrected chi connectivity index (χ2v) is 5.43. The molecule has 0 saturated carbocycles. The zero-order chi connectivity index (χ0) is 14.1. The molecule has 5 heteroatoms. The van der Waals surface area contributed by atoms with Gasteiger partial charge >= 0.3 is 0 Å². The molecule has 0 saturated heterocycles. The number of hydrogen-bond acceptors (Lipinski definition) is 2. The zero-order valence-electron chi connectivity index (χ0n) is 11.4. The van der Waals surface area contributed by atoms with Crippen LogP contribution >= 0.6 is 0 Å². The van der Waals surface area contributed by atoms with Crippen molar-refractivity contribution in [3.05, 3.63) is 24.5 Å². The normalized spacial score (nSPS) is 12.9. The highest BCUT2D eigenvalue weighted by atomic mass is 19.3. The SMILES string of the molecule is CCC(F)(F)C(C)(C)CNc1ccc2nc[nH]c2c1. The number of fused-ring (bicyclic) bond motifs is 1. The lowest BCUT2D eigenvalue weighted by molar-refractivity contribution is -0.101.